The monoisotopic (exact) mass is 463 g/mol. The fourth-order valence-corrected chi connectivity index (χ4v) is 3.34. The number of aryl methyl sites for hydroxylation is 3. The van der Waals surface area contributed by atoms with Crippen molar-refractivity contribution < 1.29 is 14.7 Å². The highest BCUT2D eigenvalue weighted by Gasteiger charge is 2.17. The zero-order valence-electron chi connectivity index (χ0n) is 16.6. The Morgan fingerprint density at radius 3 is 2.34 bits per heavy atom. The van der Waals surface area contributed by atoms with Crippen LogP contribution in [0, 0.1) is 27.7 Å². The highest BCUT2D eigenvalue weighted by molar-refractivity contribution is 9.10. The Labute approximate surface area is 175 Å². The van der Waals surface area contributed by atoms with E-state index in [0.29, 0.717) is 18.1 Å². The number of aromatic nitrogens is 6. The van der Waals surface area contributed by atoms with E-state index in [-0.39, 0.29) is 24.6 Å². The van der Waals surface area contributed by atoms with Gasteiger partial charge in [0.15, 0.2) is 0 Å². The van der Waals surface area contributed by atoms with Gasteiger partial charge in [0.1, 0.15) is 12.4 Å². The summed E-state index contributed by atoms with van der Waals surface area (Å²) in [5.41, 5.74) is 4.10. The minimum absolute atomic E-state index is 0.0500. The van der Waals surface area contributed by atoms with Crippen LogP contribution in [0.1, 0.15) is 39.7 Å². The summed E-state index contributed by atoms with van der Waals surface area (Å²) in [6.45, 7) is 8.20. The first-order chi connectivity index (χ1) is 13.7. The lowest BCUT2D eigenvalue weighted by Gasteiger charge is -2.09. The summed E-state index contributed by atoms with van der Waals surface area (Å²) in [6.07, 6.45) is 1.49. The largest absolute Gasteiger partial charge is 0.477 e. The molecule has 3 aromatic rings. The highest BCUT2D eigenvalue weighted by atomic mass is 79.9. The Hall–Kier alpha value is -2.95. The summed E-state index contributed by atoms with van der Waals surface area (Å²) in [6, 6.07) is 1.40. The molecule has 0 fully saturated rings. The molecule has 154 valence electrons. The normalized spacial score (nSPS) is 11.1. The Morgan fingerprint density at radius 1 is 1.07 bits per heavy atom. The fourth-order valence-electron chi connectivity index (χ4n) is 3.06. The lowest BCUT2D eigenvalue weighted by Crippen LogP contribution is -2.18. The van der Waals surface area contributed by atoms with E-state index in [4.69, 9.17) is 5.11 Å². The number of amides is 1. The van der Waals surface area contributed by atoms with Crippen LogP contribution in [0.3, 0.4) is 0 Å². The first kappa shape index (κ1) is 20.8. The summed E-state index contributed by atoms with van der Waals surface area (Å²) in [5.74, 6) is -1.32. The number of halogens is 1. The summed E-state index contributed by atoms with van der Waals surface area (Å²) in [4.78, 5) is 23.5. The molecule has 0 saturated carbocycles. The molecule has 3 aromatic heterocycles. The Kier molecular flexibility index (Phi) is 5.87. The van der Waals surface area contributed by atoms with Gasteiger partial charge in [0.05, 0.1) is 39.5 Å². The van der Waals surface area contributed by atoms with E-state index in [1.54, 1.807) is 4.68 Å². The van der Waals surface area contributed by atoms with E-state index in [1.165, 1.54) is 16.9 Å². The molecule has 0 aliphatic carbocycles. The highest BCUT2D eigenvalue weighted by Crippen LogP contribution is 2.22. The molecule has 0 bridgehead atoms. The topological polar surface area (TPSA) is 120 Å². The van der Waals surface area contributed by atoms with Crippen molar-refractivity contribution in [2.75, 3.05) is 5.32 Å². The molecule has 10 nitrogen and oxygen atoms in total. The first-order valence-corrected chi connectivity index (χ1v) is 9.76. The van der Waals surface area contributed by atoms with Gasteiger partial charge in [0, 0.05) is 12.6 Å². The molecule has 0 unspecified atom stereocenters. The summed E-state index contributed by atoms with van der Waals surface area (Å²) < 4.78 is 5.89. The number of carboxylic acids is 1. The van der Waals surface area contributed by atoms with Crippen LogP contribution in [0.25, 0.3) is 0 Å². The van der Waals surface area contributed by atoms with Crippen LogP contribution in [0.2, 0.25) is 0 Å². The lowest BCUT2D eigenvalue weighted by atomic mass is 10.3. The number of carbonyl (C=O) groups excluding carboxylic acids is 1. The minimum atomic E-state index is -1.08. The van der Waals surface area contributed by atoms with Crippen molar-refractivity contribution in [1.82, 2.24) is 29.3 Å². The van der Waals surface area contributed by atoms with Crippen LogP contribution in [0.4, 0.5) is 5.69 Å². The quantitative estimate of drug-likeness (QED) is 0.555. The van der Waals surface area contributed by atoms with E-state index in [0.717, 1.165) is 21.6 Å². The third-order valence-corrected chi connectivity index (χ3v) is 5.84. The van der Waals surface area contributed by atoms with E-state index in [1.807, 2.05) is 32.4 Å². The van der Waals surface area contributed by atoms with Crippen molar-refractivity contribution in [1.29, 1.82) is 0 Å². The molecule has 29 heavy (non-hydrogen) atoms. The number of carboxylic acid groups (broad SMARTS) is 1. The van der Waals surface area contributed by atoms with Gasteiger partial charge < -0.3 is 10.4 Å². The van der Waals surface area contributed by atoms with Gasteiger partial charge in [-0.1, -0.05) is 0 Å². The van der Waals surface area contributed by atoms with Crippen molar-refractivity contribution in [3.63, 3.8) is 0 Å². The van der Waals surface area contributed by atoms with Crippen LogP contribution in [0.15, 0.2) is 16.7 Å². The van der Waals surface area contributed by atoms with Crippen molar-refractivity contribution in [3.8, 4) is 0 Å². The standard InChI is InChI=1S/C18H22BrN7O3/c1-10-16(19)12(3)25(22-10)9-26-13(4)17(11(2)23-26)21-15(27)6-8-24-14(18(28)29)5-7-20-24/h5,7H,6,8-9H2,1-4H3,(H,21,27)(H,28,29). The Balaban J connectivity index is 1.69. The van der Waals surface area contributed by atoms with Gasteiger partial charge in [-0.25, -0.2) is 14.2 Å². The van der Waals surface area contributed by atoms with Gasteiger partial charge in [-0.15, -0.1) is 0 Å². The van der Waals surface area contributed by atoms with E-state index in [9.17, 15) is 9.59 Å². The van der Waals surface area contributed by atoms with Crippen LogP contribution in [-0.2, 0) is 18.0 Å². The van der Waals surface area contributed by atoms with Gasteiger partial charge in [0.2, 0.25) is 5.91 Å². The molecule has 0 aliphatic heterocycles. The number of hydrogen-bond donors (Lipinski definition) is 2. The Morgan fingerprint density at radius 2 is 1.72 bits per heavy atom. The molecule has 0 aromatic carbocycles. The van der Waals surface area contributed by atoms with E-state index in [2.05, 4.69) is 36.5 Å². The molecule has 3 heterocycles. The van der Waals surface area contributed by atoms with Gasteiger partial charge in [-0.3, -0.25) is 9.48 Å². The maximum Gasteiger partial charge on any atom is 0.354 e. The predicted molar refractivity (Wildman–Crippen MR) is 109 cm³/mol. The average Bonchev–Trinajstić information content (AvgIpc) is 3.31. The smallest absolute Gasteiger partial charge is 0.354 e. The first-order valence-electron chi connectivity index (χ1n) is 8.97. The van der Waals surface area contributed by atoms with E-state index >= 15 is 0 Å². The van der Waals surface area contributed by atoms with Crippen LogP contribution >= 0.6 is 15.9 Å². The third-order valence-electron chi connectivity index (χ3n) is 4.69. The number of rotatable bonds is 7. The maximum atomic E-state index is 12.4. The number of hydrogen-bond acceptors (Lipinski definition) is 5. The molecule has 0 atom stereocenters. The number of carbonyl (C=O) groups is 2. The minimum Gasteiger partial charge on any atom is -0.477 e. The molecule has 2 N–H and O–H groups in total. The fraction of sp³-hybridized carbons (Fsp3) is 0.389. The van der Waals surface area contributed by atoms with Crippen LogP contribution in [-0.4, -0.2) is 46.3 Å². The molecule has 0 radical (unpaired) electrons. The number of aromatic carboxylic acids is 1. The van der Waals surface area contributed by atoms with Gasteiger partial charge in [-0.05, 0) is 49.7 Å². The lowest BCUT2D eigenvalue weighted by molar-refractivity contribution is -0.116. The van der Waals surface area contributed by atoms with Crippen molar-refractivity contribution >= 4 is 33.5 Å². The van der Waals surface area contributed by atoms with Gasteiger partial charge in [-0.2, -0.15) is 15.3 Å². The van der Waals surface area contributed by atoms with Gasteiger partial charge in [0.25, 0.3) is 0 Å². The second-order valence-corrected chi connectivity index (χ2v) is 7.51. The van der Waals surface area contributed by atoms with E-state index < -0.39 is 5.97 Å². The zero-order valence-corrected chi connectivity index (χ0v) is 18.2. The molecule has 0 spiro atoms. The van der Waals surface area contributed by atoms with Crippen molar-refractivity contribution in [2.45, 2.75) is 47.3 Å². The predicted octanol–water partition coefficient (Wildman–Crippen LogP) is 2.51. The Bertz CT molecular complexity index is 1080. The number of anilines is 1. The molecule has 0 saturated heterocycles. The molecule has 0 aliphatic rings. The second kappa shape index (κ2) is 8.19. The van der Waals surface area contributed by atoms with Crippen LogP contribution in [0.5, 0.6) is 0 Å². The third kappa shape index (κ3) is 4.24. The van der Waals surface area contributed by atoms with Crippen LogP contribution < -0.4 is 5.32 Å². The number of nitrogens with zero attached hydrogens (tertiary/aromatic N) is 6. The number of nitrogens with one attached hydrogen (secondary N) is 1. The molecule has 3 rings (SSSR count). The SMILES string of the molecule is Cc1nn(Cn2nc(C)c(NC(=O)CCn3nccc3C(=O)O)c2C)c(C)c1Br. The maximum absolute atomic E-state index is 12.4. The zero-order chi connectivity index (χ0) is 21.3. The summed E-state index contributed by atoms with van der Waals surface area (Å²) in [7, 11) is 0. The molecule has 1 amide bonds. The van der Waals surface area contributed by atoms with Crippen molar-refractivity contribution in [3.05, 3.63) is 45.2 Å². The van der Waals surface area contributed by atoms with Gasteiger partial charge >= 0.3 is 5.97 Å². The average molecular weight is 464 g/mol. The van der Waals surface area contributed by atoms with Crippen molar-refractivity contribution in [2.24, 2.45) is 0 Å². The molecular weight excluding hydrogens is 442 g/mol. The summed E-state index contributed by atoms with van der Waals surface area (Å²) >= 11 is 3.52. The molecular formula is C18H22BrN7O3. The molecule has 11 heteroatoms. The second-order valence-electron chi connectivity index (χ2n) is 6.71. The summed E-state index contributed by atoms with van der Waals surface area (Å²) in [5, 5.41) is 24.9.